The number of carbonyl (C=O) groups excluding carboxylic acids is 4. The van der Waals surface area contributed by atoms with E-state index in [2.05, 4.69) is 16.0 Å². The fraction of sp³-hybridized carbons (Fsp3) is 0.448. The zero-order valence-electron chi connectivity index (χ0n) is 22.9. The topological polar surface area (TPSA) is 120 Å². The molecule has 39 heavy (non-hydrogen) atoms. The molecule has 1 heterocycles. The van der Waals surface area contributed by atoms with Crippen LogP contribution in [-0.4, -0.2) is 92.9 Å². The monoisotopic (exact) mass is 537 g/mol. The van der Waals surface area contributed by atoms with Gasteiger partial charge in [0, 0.05) is 26.4 Å². The smallest absolute Gasteiger partial charge is 0.255 e. The van der Waals surface area contributed by atoms with Crippen molar-refractivity contribution in [3.63, 3.8) is 0 Å². The lowest BCUT2D eigenvalue weighted by molar-refractivity contribution is -0.135. The third-order valence-corrected chi connectivity index (χ3v) is 6.47. The van der Waals surface area contributed by atoms with Gasteiger partial charge in [-0.3, -0.25) is 19.2 Å². The Morgan fingerprint density at radius 1 is 1.05 bits per heavy atom. The van der Waals surface area contributed by atoms with Crippen LogP contribution >= 0.6 is 0 Å². The zero-order valence-corrected chi connectivity index (χ0v) is 22.9. The predicted molar refractivity (Wildman–Crippen MR) is 148 cm³/mol. The summed E-state index contributed by atoms with van der Waals surface area (Å²) < 4.78 is 5.88. The van der Waals surface area contributed by atoms with Gasteiger partial charge in [-0.05, 0) is 51.2 Å². The van der Waals surface area contributed by atoms with Gasteiger partial charge in [-0.15, -0.1) is 0 Å². The second-order valence-electron chi connectivity index (χ2n) is 9.93. The van der Waals surface area contributed by atoms with Crippen LogP contribution in [-0.2, 0) is 20.8 Å². The maximum absolute atomic E-state index is 13.3. The van der Waals surface area contributed by atoms with Crippen LogP contribution < -0.4 is 20.7 Å². The lowest BCUT2D eigenvalue weighted by Gasteiger charge is -2.25. The molecule has 2 atom stereocenters. The molecule has 2 aromatic rings. The summed E-state index contributed by atoms with van der Waals surface area (Å²) in [5.41, 5.74) is 1.19. The Hall–Kier alpha value is -3.92. The van der Waals surface area contributed by atoms with E-state index < -0.39 is 18.0 Å². The molecule has 0 fully saturated rings. The van der Waals surface area contributed by atoms with Crippen LogP contribution in [0.15, 0.2) is 54.6 Å². The van der Waals surface area contributed by atoms with E-state index in [0.29, 0.717) is 18.7 Å². The first-order valence-corrected chi connectivity index (χ1v) is 13.3. The van der Waals surface area contributed by atoms with E-state index in [-0.39, 0.29) is 49.3 Å². The predicted octanol–water partition coefficient (Wildman–Crippen LogP) is 1.21. The molecule has 0 spiro atoms. The van der Waals surface area contributed by atoms with Crippen molar-refractivity contribution in [1.82, 2.24) is 25.8 Å². The number of amides is 4. The highest BCUT2D eigenvalue weighted by Gasteiger charge is 2.28. The standard InChI is InChI=1S/C29H39N5O5/c1-33(2)17-9-16-30-28(37)23-14-15-26(35)31-24(20-21-10-5-4-6-11-21)29(38)34(3)18-19-39-25-13-8-7-12-22(25)27(36)32-23/h4-8,10-13,23-24H,9,14-20H2,1-3H3,(H,30,37)(H,31,35)(H,32,36)/t23-,24-/m0/s1. The summed E-state index contributed by atoms with van der Waals surface area (Å²) in [5.74, 6) is -1.10. The minimum Gasteiger partial charge on any atom is -0.491 e. The summed E-state index contributed by atoms with van der Waals surface area (Å²) in [7, 11) is 5.56. The van der Waals surface area contributed by atoms with Crippen molar-refractivity contribution in [2.45, 2.75) is 37.8 Å². The Morgan fingerprint density at radius 3 is 2.51 bits per heavy atom. The van der Waals surface area contributed by atoms with Crippen molar-refractivity contribution in [2.75, 3.05) is 47.4 Å². The van der Waals surface area contributed by atoms with Gasteiger partial charge in [-0.25, -0.2) is 0 Å². The Kier molecular flexibility index (Phi) is 11.3. The number of para-hydroxylation sites is 1. The van der Waals surface area contributed by atoms with Crippen LogP contribution in [0, 0.1) is 0 Å². The number of fused-ring (bicyclic) bond motifs is 1. The summed E-state index contributed by atoms with van der Waals surface area (Å²) in [4.78, 5) is 56.1. The largest absolute Gasteiger partial charge is 0.491 e. The van der Waals surface area contributed by atoms with E-state index in [0.717, 1.165) is 18.5 Å². The number of carbonyl (C=O) groups is 4. The van der Waals surface area contributed by atoms with Gasteiger partial charge in [-0.1, -0.05) is 42.5 Å². The fourth-order valence-corrected chi connectivity index (χ4v) is 4.28. The number of nitrogens with one attached hydrogen (secondary N) is 3. The maximum Gasteiger partial charge on any atom is 0.255 e. The molecule has 10 heteroatoms. The lowest BCUT2D eigenvalue weighted by Crippen LogP contribution is -2.50. The summed E-state index contributed by atoms with van der Waals surface area (Å²) in [6.45, 7) is 1.65. The lowest BCUT2D eigenvalue weighted by atomic mass is 10.0. The van der Waals surface area contributed by atoms with Crippen LogP contribution in [0.25, 0.3) is 0 Å². The van der Waals surface area contributed by atoms with E-state index in [1.165, 1.54) is 4.90 Å². The molecule has 0 saturated carbocycles. The second-order valence-corrected chi connectivity index (χ2v) is 9.93. The van der Waals surface area contributed by atoms with E-state index in [1.807, 2.05) is 49.3 Å². The Bertz CT molecular complexity index is 1120. The maximum atomic E-state index is 13.3. The van der Waals surface area contributed by atoms with Crippen molar-refractivity contribution in [3.8, 4) is 5.75 Å². The third-order valence-electron chi connectivity index (χ3n) is 6.47. The summed E-state index contributed by atoms with van der Waals surface area (Å²) in [6.07, 6.45) is 1.10. The van der Waals surface area contributed by atoms with Crippen molar-refractivity contribution in [1.29, 1.82) is 0 Å². The van der Waals surface area contributed by atoms with Crippen LogP contribution in [0.3, 0.4) is 0 Å². The molecule has 1 aliphatic rings. The first kappa shape index (κ1) is 29.6. The summed E-state index contributed by atoms with van der Waals surface area (Å²) in [5, 5.41) is 8.49. The number of hydrogen-bond acceptors (Lipinski definition) is 6. The molecule has 0 bridgehead atoms. The SMILES string of the molecule is CN(C)CCCNC(=O)[C@@H]1CCC(=O)N[C@@H](Cc2ccccc2)C(=O)N(C)CCOc2ccccc2C(=O)N1. The fourth-order valence-electron chi connectivity index (χ4n) is 4.28. The van der Waals surface area contributed by atoms with Crippen LogP contribution in [0.2, 0.25) is 0 Å². The molecule has 10 nitrogen and oxygen atoms in total. The minimum absolute atomic E-state index is 0.0451. The molecule has 4 amide bonds. The quantitative estimate of drug-likeness (QED) is 0.457. The molecule has 0 aromatic heterocycles. The second kappa shape index (κ2) is 14.9. The molecule has 0 unspecified atom stereocenters. The molecule has 1 aliphatic heterocycles. The van der Waals surface area contributed by atoms with E-state index in [4.69, 9.17) is 4.74 Å². The molecule has 0 saturated heterocycles. The van der Waals surface area contributed by atoms with Gasteiger partial charge in [0.1, 0.15) is 24.4 Å². The Labute approximate surface area is 230 Å². The minimum atomic E-state index is -0.938. The number of hydrogen-bond donors (Lipinski definition) is 3. The van der Waals surface area contributed by atoms with Crippen molar-refractivity contribution >= 4 is 23.6 Å². The van der Waals surface area contributed by atoms with Gasteiger partial charge >= 0.3 is 0 Å². The van der Waals surface area contributed by atoms with Gasteiger partial charge in [0.15, 0.2) is 0 Å². The number of rotatable bonds is 7. The summed E-state index contributed by atoms with van der Waals surface area (Å²) in [6, 6.07) is 14.5. The first-order valence-electron chi connectivity index (χ1n) is 13.3. The first-order chi connectivity index (χ1) is 18.7. The molecule has 2 aromatic carbocycles. The molecule has 3 rings (SSSR count). The zero-order chi connectivity index (χ0) is 28.2. The molecular weight excluding hydrogens is 498 g/mol. The molecule has 0 radical (unpaired) electrons. The normalized spacial score (nSPS) is 19.2. The van der Waals surface area contributed by atoms with Gasteiger partial charge in [0.2, 0.25) is 17.7 Å². The van der Waals surface area contributed by atoms with Gasteiger partial charge in [-0.2, -0.15) is 0 Å². The average Bonchev–Trinajstić information content (AvgIpc) is 2.92. The van der Waals surface area contributed by atoms with E-state index >= 15 is 0 Å². The van der Waals surface area contributed by atoms with E-state index in [9.17, 15) is 19.2 Å². The summed E-state index contributed by atoms with van der Waals surface area (Å²) >= 11 is 0. The molecule has 3 N–H and O–H groups in total. The van der Waals surface area contributed by atoms with Crippen molar-refractivity contribution in [3.05, 3.63) is 65.7 Å². The number of nitrogens with zero attached hydrogens (tertiary/aromatic N) is 2. The third kappa shape index (κ3) is 9.40. The average molecular weight is 538 g/mol. The highest BCUT2D eigenvalue weighted by atomic mass is 16.5. The van der Waals surface area contributed by atoms with Gasteiger partial charge < -0.3 is 30.5 Å². The van der Waals surface area contributed by atoms with Crippen molar-refractivity contribution < 1.29 is 23.9 Å². The van der Waals surface area contributed by atoms with Crippen LogP contribution in [0.1, 0.15) is 35.2 Å². The molecule has 0 aliphatic carbocycles. The highest BCUT2D eigenvalue weighted by Crippen LogP contribution is 2.19. The van der Waals surface area contributed by atoms with Gasteiger partial charge in [0.05, 0.1) is 12.1 Å². The van der Waals surface area contributed by atoms with Gasteiger partial charge in [0.25, 0.3) is 5.91 Å². The number of benzene rings is 2. The Morgan fingerprint density at radius 2 is 1.77 bits per heavy atom. The van der Waals surface area contributed by atoms with E-state index in [1.54, 1.807) is 31.3 Å². The number of likely N-dealkylation sites (N-methyl/N-ethyl adjacent to an activating group) is 1. The molecular formula is C29H39N5O5. The molecule has 210 valence electrons. The van der Waals surface area contributed by atoms with Crippen LogP contribution in [0.4, 0.5) is 0 Å². The van der Waals surface area contributed by atoms with Crippen molar-refractivity contribution in [2.24, 2.45) is 0 Å². The highest BCUT2D eigenvalue weighted by molar-refractivity contribution is 5.99. The van der Waals surface area contributed by atoms with Crippen LogP contribution in [0.5, 0.6) is 5.75 Å². The number of ether oxygens (including phenoxy) is 1. The Balaban J connectivity index is 1.82.